The molecule has 1 rings (SSSR count). The maximum absolute atomic E-state index is 10.4. The monoisotopic (exact) mass is 198 g/mol. The predicted octanol–water partition coefficient (Wildman–Crippen LogP) is 0.801. The molecular formula is C9H14N2O3. The van der Waals surface area contributed by atoms with E-state index in [-0.39, 0.29) is 6.42 Å². The highest BCUT2D eigenvalue weighted by molar-refractivity contribution is 5.67. The highest BCUT2D eigenvalue weighted by Crippen LogP contribution is 2.16. The van der Waals surface area contributed by atoms with Gasteiger partial charge in [0, 0.05) is 6.54 Å². The molecule has 0 amide bonds. The molecule has 1 aromatic heterocycles. The molecule has 0 bridgehead atoms. The van der Waals surface area contributed by atoms with Crippen molar-refractivity contribution in [1.29, 1.82) is 0 Å². The summed E-state index contributed by atoms with van der Waals surface area (Å²) >= 11 is 0. The third-order valence-electron chi connectivity index (χ3n) is 1.92. The van der Waals surface area contributed by atoms with Crippen molar-refractivity contribution in [2.45, 2.75) is 32.4 Å². The van der Waals surface area contributed by atoms with Gasteiger partial charge < -0.3 is 14.8 Å². The molecule has 1 aromatic rings. The highest BCUT2D eigenvalue weighted by atomic mass is 16.4. The van der Waals surface area contributed by atoms with E-state index >= 15 is 0 Å². The number of hydrogen-bond acceptors (Lipinski definition) is 3. The van der Waals surface area contributed by atoms with Crippen molar-refractivity contribution in [2.75, 3.05) is 0 Å². The smallest absolute Gasteiger partial charge is 0.306 e. The van der Waals surface area contributed by atoms with Gasteiger partial charge in [0.25, 0.3) is 0 Å². The molecular weight excluding hydrogens is 184 g/mol. The first-order valence-corrected chi connectivity index (χ1v) is 4.55. The Morgan fingerprint density at radius 1 is 1.71 bits per heavy atom. The zero-order valence-electron chi connectivity index (χ0n) is 8.05. The van der Waals surface area contributed by atoms with E-state index < -0.39 is 12.1 Å². The SMILES string of the molecule is CCCn1cncc1C(O)CC(=O)O. The molecule has 1 unspecified atom stereocenters. The van der Waals surface area contributed by atoms with Crippen LogP contribution in [0.4, 0.5) is 0 Å². The van der Waals surface area contributed by atoms with Crippen LogP contribution in [0.3, 0.4) is 0 Å². The number of rotatable bonds is 5. The van der Waals surface area contributed by atoms with E-state index in [2.05, 4.69) is 4.98 Å². The summed E-state index contributed by atoms with van der Waals surface area (Å²) in [6.45, 7) is 2.75. The van der Waals surface area contributed by atoms with Crippen LogP contribution >= 0.6 is 0 Å². The first-order chi connectivity index (χ1) is 6.65. The first-order valence-electron chi connectivity index (χ1n) is 4.55. The molecule has 0 saturated heterocycles. The van der Waals surface area contributed by atoms with Crippen LogP contribution in [0.25, 0.3) is 0 Å². The van der Waals surface area contributed by atoms with Crippen molar-refractivity contribution in [3.8, 4) is 0 Å². The van der Waals surface area contributed by atoms with E-state index in [1.165, 1.54) is 6.20 Å². The molecule has 1 atom stereocenters. The Morgan fingerprint density at radius 3 is 3.00 bits per heavy atom. The van der Waals surface area contributed by atoms with Crippen LogP contribution in [0, 0.1) is 0 Å². The minimum atomic E-state index is -1.01. The molecule has 2 N–H and O–H groups in total. The largest absolute Gasteiger partial charge is 0.481 e. The van der Waals surface area contributed by atoms with Crippen LogP contribution in [0.1, 0.15) is 31.6 Å². The number of aryl methyl sites for hydroxylation is 1. The van der Waals surface area contributed by atoms with Gasteiger partial charge in [-0.1, -0.05) is 6.92 Å². The summed E-state index contributed by atoms with van der Waals surface area (Å²) < 4.78 is 1.77. The van der Waals surface area contributed by atoms with Crippen LogP contribution in [-0.2, 0) is 11.3 Å². The number of aliphatic carboxylic acids is 1. The maximum Gasteiger partial charge on any atom is 0.306 e. The van der Waals surface area contributed by atoms with Gasteiger partial charge in [0.05, 0.1) is 24.6 Å². The van der Waals surface area contributed by atoms with Crippen molar-refractivity contribution < 1.29 is 15.0 Å². The van der Waals surface area contributed by atoms with E-state index in [1.54, 1.807) is 10.9 Å². The standard InChI is InChI=1S/C9H14N2O3/c1-2-3-11-6-10-5-7(11)8(12)4-9(13)14/h5-6,8,12H,2-4H2,1H3,(H,13,14). The van der Waals surface area contributed by atoms with Gasteiger partial charge in [-0.05, 0) is 6.42 Å². The van der Waals surface area contributed by atoms with E-state index in [4.69, 9.17) is 5.11 Å². The molecule has 0 aromatic carbocycles. The average molecular weight is 198 g/mol. The minimum Gasteiger partial charge on any atom is -0.481 e. The topological polar surface area (TPSA) is 75.3 Å². The number of carboxylic acids is 1. The van der Waals surface area contributed by atoms with Gasteiger partial charge >= 0.3 is 5.97 Å². The van der Waals surface area contributed by atoms with Gasteiger partial charge in [0.15, 0.2) is 0 Å². The number of imidazole rings is 1. The number of aliphatic hydroxyl groups is 1. The van der Waals surface area contributed by atoms with E-state index in [0.717, 1.165) is 13.0 Å². The number of nitrogens with zero attached hydrogens (tertiary/aromatic N) is 2. The summed E-state index contributed by atoms with van der Waals surface area (Å²) in [5, 5.41) is 18.1. The van der Waals surface area contributed by atoms with Crippen molar-refractivity contribution in [1.82, 2.24) is 9.55 Å². The first kappa shape index (κ1) is 10.7. The lowest BCUT2D eigenvalue weighted by molar-refractivity contribution is -0.139. The van der Waals surface area contributed by atoms with Gasteiger partial charge in [-0.15, -0.1) is 0 Å². The molecule has 0 spiro atoms. The van der Waals surface area contributed by atoms with Gasteiger partial charge in [-0.3, -0.25) is 4.79 Å². The molecule has 0 fully saturated rings. The molecule has 5 heteroatoms. The maximum atomic E-state index is 10.4. The fourth-order valence-corrected chi connectivity index (χ4v) is 1.31. The average Bonchev–Trinajstić information content (AvgIpc) is 2.51. The molecule has 78 valence electrons. The second kappa shape index (κ2) is 4.76. The lowest BCUT2D eigenvalue weighted by atomic mass is 10.2. The molecule has 5 nitrogen and oxygen atoms in total. The lowest BCUT2D eigenvalue weighted by Gasteiger charge is -2.10. The molecule has 0 aliphatic heterocycles. The zero-order valence-corrected chi connectivity index (χ0v) is 8.05. The summed E-state index contributed by atoms with van der Waals surface area (Å²) in [5.74, 6) is -1.01. The van der Waals surface area contributed by atoms with Crippen LogP contribution in [0.15, 0.2) is 12.5 Å². The lowest BCUT2D eigenvalue weighted by Crippen LogP contribution is -2.10. The Kier molecular flexibility index (Phi) is 3.64. The van der Waals surface area contributed by atoms with Crippen molar-refractivity contribution in [3.63, 3.8) is 0 Å². The van der Waals surface area contributed by atoms with Crippen LogP contribution < -0.4 is 0 Å². The number of aromatic nitrogens is 2. The summed E-state index contributed by atoms with van der Waals surface area (Å²) in [6, 6.07) is 0. The Morgan fingerprint density at radius 2 is 2.43 bits per heavy atom. The van der Waals surface area contributed by atoms with E-state index in [1.807, 2.05) is 6.92 Å². The summed E-state index contributed by atoms with van der Waals surface area (Å²) in [6.07, 6.45) is 2.77. The van der Waals surface area contributed by atoms with Gasteiger partial charge in [-0.25, -0.2) is 4.98 Å². The second-order valence-electron chi connectivity index (χ2n) is 3.13. The Labute approximate surface area is 82.0 Å². The normalized spacial score (nSPS) is 12.7. The second-order valence-corrected chi connectivity index (χ2v) is 3.13. The molecule has 0 aliphatic rings. The predicted molar refractivity (Wildman–Crippen MR) is 49.7 cm³/mol. The summed E-state index contributed by atoms with van der Waals surface area (Å²) in [4.78, 5) is 14.3. The molecule has 1 heterocycles. The Hall–Kier alpha value is -1.36. The molecule has 0 radical (unpaired) electrons. The van der Waals surface area contributed by atoms with Gasteiger partial charge in [0.2, 0.25) is 0 Å². The third kappa shape index (κ3) is 2.56. The number of carboxylic acid groups (broad SMARTS) is 1. The quantitative estimate of drug-likeness (QED) is 0.733. The van der Waals surface area contributed by atoms with Crippen LogP contribution in [-0.4, -0.2) is 25.7 Å². The van der Waals surface area contributed by atoms with Crippen LogP contribution in [0.5, 0.6) is 0 Å². The molecule has 14 heavy (non-hydrogen) atoms. The van der Waals surface area contributed by atoms with Crippen molar-refractivity contribution in [3.05, 3.63) is 18.2 Å². The van der Waals surface area contributed by atoms with E-state index in [0.29, 0.717) is 5.69 Å². The number of carbonyl (C=O) groups is 1. The fraction of sp³-hybridized carbons (Fsp3) is 0.556. The zero-order chi connectivity index (χ0) is 10.6. The Balaban J connectivity index is 2.72. The molecule has 0 aliphatic carbocycles. The van der Waals surface area contributed by atoms with Crippen LogP contribution in [0.2, 0.25) is 0 Å². The summed E-state index contributed by atoms with van der Waals surface area (Å²) in [5.41, 5.74) is 0.564. The highest BCUT2D eigenvalue weighted by Gasteiger charge is 2.15. The fourth-order valence-electron chi connectivity index (χ4n) is 1.31. The third-order valence-corrected chi connectivity index (χ3v) is 1.92. The number of aliphatic hydroxyl groups excluding tert-OH is 1. The Bertz CT molecular complexity index is 309. The van der Waals surface area contributed by atoms with Crippen molar-refractivity contribution in [2.24, 2.45) is 0 Å². The van der Waals surface area contributed by atoms with Crippen molar-refractivity contribution >= 4 is 5.97 Å². The summed E-state index contributed by atoms with van der Waals surface area (Å²) in [7, 11) is 0. The van der Waals surface area contributed by atoms with Gasteiger partial charge in [0.1, 0.15) is 6.10 Å². The number of hydrogen-bond donors (Lipinski definition) is 2. The molecule has 0 saturated carbocycles. The van der Waals surface area contributed by atoms with Gasteiger partial charge in [-0.2, -0.15) is 0 Å². The minimum absolute atomic E-state index is 0.282. The van der Waals surface area contributed by atoms with E-state index in [9.17, 15) is 9.90 Å².